The minimum atomic E-state index is -1.82. The van der Waals surface area contributed by atoms with Gasteiger partial charge in [0.1, 0.15) is 36.6 Å². The van der Waals surface area contributed by atoms with Crippen LogP contribution in [0.1, 0.15) is 6.42 Å². The molecule has 0 aromatic rings. The van der Waals surface area contributed by atoms with Gasteiger partial charge in [-0.05, 0) is 0 Å². The Labute approximate surface area is 130 Å². The van der Waals surface area contributed by atoms with Gasteiger partial charge in [-0.2, -0.15) is 0 Å². The van der Waals surface area contributed by atoms with Crippen molar-refractivity contribution >= 4 is 5.97 Å². The van der Waals surface area contributed by atoms with Gasteiger partial charge in [0.05, 0.1) is 25.7 Å². The van der Waals surface area contributed by atoms with Crippen LogP contribution in [-0.2, 0) is 14.3 Å². The van der Waals surface area contributed by atoms with E-state index in [1.807, 2.05) is 0 Å². The lowest BCUT2D eigenvalue weighted by Gasteiger charge is -2.41. The molecule has 0 radical (unpaired) electrons. The summed E-state index contributed by atoms with van der Waals surface area (Å²) in [5.74, 6) is -1.40. The third-order valence-electron chi connectivity index (χ3n) is 3.50. The summed E-state index contributed by atoms with van der Waals surface area (Å²) >= 11 is 0. The molecule has 0 unspecified atom stereocenters. The number of hydrogen-bond donors (Lipinski definition) is 8. The van der Waals surface area contributed by atoms with Gasteiger partial charge in [-0.15, -0.1) is 0 Å². The fourth-order valence-corrected chi connectivity index (χ4v) is 2.13. The van der Waals surface area contributed by atoms with E-state index in [-0.39, 0.29) is 0 Å². The Morgan fingerprint density at radius 3 is 2.17 bits per heavy atom. The van der Waals surface area contributed by atoms with Crippen molar-refractivity contribution in [2.45, 2.75) is 55.4 Å². The molecule has 23 heavy (non-hydrogen) atoms. The number of aliphatic hydroxyl groups excluding tert-OH is 7. The van der Waals surface area contributed by atoms with Crippen molar-refractivity contribution < 1.29 is 55.1 Å². The number of carboxylic acids is 1. The van der Waals surface area contributed by atoms with E-state index in [0.717, 1.165) is 0 Å². The van der Waals surface area contributed by atoms with Crippen LogP contribution in [0.4, 0.5) is 0 Å². The highest BCUT2D eigenvalue weighted by molar-refractivity contribution is 5.67. The van der Waals surface area contributed by atoms with Gasteiger partial charge in [0, 0.05) is 0 Å². The minimum Gasteiger partial charge on any atom is -0.481 e. The number of aliphatic carboxylic acids is 1. The van der Waals surface area contributed by atoms with E-state index in [0.29, 0.717) is 0 Å². The Morgan fingerprint density at radius 2 is 1.70 bits per heavy atom. The summed E-state index contributed by atoms with van der Waals surface area (Å²) in [7, 11) is 0. The van der Waals surface area contributed by atoms with Gasteiger partial charge in [-0.25, -0.2) is 0 Å². The van der Waals surface area contributed by atoms with Crippen molar-refractivity contribution in [3.8, 4) is 0 Å². The Hall–Kier alpha value is -0.890. The maximum Gasteiger partial charge on any atom is 0.306 e. The summed E-state index contributed by atoms with van der Waals surface area (Å²) in [6.07, 6.45) is -14.0. The smallest absolute Gasteiger partial charge is 0.306 e. The van der Waals surface area contributed by atoms with E-state index in [9.17, 15) is 30.3 Å². The minimum absolute atomic E-state index is 0.712. The first-order valence-corrected chi connectivity index (χ1v) is 6.87. The first-order valence-electron chi connectivity index (χ1n) is 6.87. The van der Waals surface area contributed by atoms with Gasteiger partial charge < -0.3 is 50.3 Å². The molecule has 0 spiro atoms. The van der Waals surface area contributed by atoms with Crippen LogP contribution >= 0.6 is 0 Å². The van der Waals surface area contributed by atoms with Crippen LogP contribution in [0.3, 0.4) is 0 Å². The molecule has 8 atom stereocenters. The van der Waals surface area contributed by atoms with Gasteiger partial charge in [0.25, 0.3) is 0 Å². The molecule has 1 saturated heterocycles. The standard InChI is InChI=1S/C12H22O11/c13-2-4(15)8(18)5(1-7(16)17)22-12-11(21)10(20)9(19)6(3-14)23-12/h4-6,8-15,18-21H,1-3H2,(H,16,17)/t4-,5+,6+,8+,9-,10-,11+,12+/m0/s1. The highest BCUT2D eigenvalue weighted by Crippen LogP contribution is 2.24. The summed E-state index contributed by atoms with van der Waals surface area (Å²) in [5, 5.41) is 74.9. The quantitative estimate of drug-likeness (QED) is 0.211. The van der Waals surface area contributed by atoms with Crippen LogP contribution in [0, 0.1) is 0 Å². The van der Waals surface area contributed by atoms with Crippen molar-refractivity contribution in [1.29, 1.82) is 0 Å². The summed E-state index contributed by atoms with van der Waals surface area (Å²) in [5.41, 5.74) is 0. The first-order chi connectivity index (χ1) is 10.7. The fourth-order valence-electron chi connectivity index (χ4n) is 2.13. The molecule has 8 N–H and O–H groups in total. The molecular formula is C12H22O11. The maximum atomic E-state index is 10.8. The second-order valence-corrected chi connectivity index (χ2v) is 5.21. The van der Waals surface area contributed by atoms with E-state index in [1.54, 1.807) is 0 Å². The van der Waals surface area contributed by atoms with Crippen molar-refractivity contribution in [3.05, 3.63) is 0 Å². The Kier molecular flexibility index (Phi) is 7.73. The summed E-state index contributed by atoms with van der Waals surface area (Å²) in [6, 6.07) is 0. The molecule has 0 aromatic carbocycles. The van der Waals surface area contributed by atoms with Crippen molar-refractivity contribution in [2.75, 3.05) is 13.2 Å². The van der Waals surface area contributed by atoms with E-state index >= 15 is 0 Å². The molecule has 0 saturated carbocycles. The van der Waals surface area contributed by atoms with Crippen LogP contribution in [0.2, 0.25) is 0 Å². The lowest BCUT2D eigenvalue weighted by Crippen LogP contribution is -2.60. The molecule has 0 bridgehead atoms. The molecule has 1 heterocycles. The zero-order chi connectivity index (χ0) is 17.7. The molecule has 1 fully saturated rings. The van der Waals surface area contributed by atoms with E-state index < -0.39 is 74.6 Å². The lowest BCUT2D eigenvalue weighted by atomic mass is 9.99. The molecule has 136 valence electrons. The number of ether oxygens (including phenoxy) is 2. The molecule has 0 amide bonds. The van der Waals surface area contributed by atoms with Gasteiger partial charge in [0.2, 0.25) is 0 Å². The average Bonchev–Trinajstić information content (AvgIpc) is 2.52. The fraction of sp³-hybridized carbons (Fsp3) is 0.917. The molecule has 1 aliphatic rings. The third-order valence-corrected chi connectivity index (χ3v) is 3.50. The molecule has 1 rings (SSSR count). The molecule has 1 aliphatic heterocycles. The van der Waals surface area contributed by atoms with Crippen LogP contribution in [0.15, 0.2) is 0 Å². The van der Waals surface area contributed by atoms with E-state index in [2.05, 4.69) is 0 Å². The topological polar surface area (TPSA) is 197 Å². The molecular weight excluding hydrogens is 320 g/mol. The lowest BCUT2D eigenvalue weighted by molar-refractivity contribution is -0.319. The number of carbonyl (C=O) groups is 1. The SMILES string of the molecule is O=C(O)C[C@@H](O[C@@H]1O[C@H](CO)[C@H](O)[C@H](O)[C@H]1O)[C@H](O)[C@@H](O)CO. The van der Waals surface area contributed by atoms with E-state index in [4.69, 9.17) is 24.8 Å². The van der Waals surface area contributed by atoms with Crippen molar-refractivity contribution in [1.82, 2.24) is 0 Å². The maximum absolute atomic E-state index is 10.8. The Morgan fingerprint density at radius 1 is 1.09 bits per heavy atom. The number of aliphatic hydroxyl groups is 7. The van der Waals surface area contributed by atoms with Crippen LogP contribution < -0.4 is 0 Å². The Balaban J connectivity index is 2.86. The molecule has 0 aromatic heterocycles. The van der Waals surface area contributed by atoms with Gasteiger partial charge in [-0.3, -0.25) is 4.79 Å². The van der Waals surface area contributed by atoms with Crippen LogP contribution in [0.5, 0.6) is 0 Å². The highest BCUT2D eigenvalue weighted by atomic mass is 16.7. The zero-order valence-corrected chi connectivity index (χ0v) is 12.0. The largest absolute Gasteiger partial charge is 0.481 e. The normalized spacial score (nSPS) is 35.5. The van der Waals surface area contributed by atoms with Crippen molar-refractivity contribution in [2.24, 2.45) is 0 Å². The molecule has 11 heteroatoms. The number of carboxylic acid groups (broad SMARTS) is 1. The second-order valence-electron chi connectivity index (χ2n) is 5.21. The van der Waals surface area contributed by atoms with Gasteiger partial charge >= 0.3 is 5.97 Å². The monoisotopic (exact) mass is 342 g/mol. The predicted octanol–water partition coefficient (Wildman–Crippen LogP) is -4.64. The molecule has 11 nitrogen and oxygen atoms in total. The predicted molar refractivity (Wildman–Crippen MR) is 70.0 cm³/mol. The second kappa shape index (κ2) is 8.82. The molecule has 0 aliphatic carbocycles. The third kappa shape index (κ3) is 5.04. The average molecular weight is 342 g/mol. The Bertz CT molecular complexity index is 376. The number of hydrogen-bond acceptors (Lipinski definition) is 10. The van der Waals surface area contributed by atoms with Gasteiger partial charge in [0.15, 0.2) is 6.29 Å². The van der Waals surface area contributed by atoms with Crippen LogP contribution in [-0.4, -0.2) is 109 Å². The highest BCUT2D eigenvalue weighted by Gasteiger charge is 2.46. The summed E-state index contributed by atoms with van der Waals surface area (Å²) in [4.78, 5) is 10.8. The summed E-state index contributed by atoms with van der Waals surface area (Å²) in [6.45, 7) is -1.58. The van der Waals surface area contributed by atoms with Gasteiger partial charge in [-0.1, -0.05) is 0 Å². The zero-order valence-electron chi connectivity index (χ0n) is 12.0. The van der Waals surface area contributed by atoms with E-state index in [1.165, 1.54) is 0 Å². The first kappa shape index (κ1) is 20.2. The number of rotatable bonds is 8. The van der Waals surface area contributed by atoms with Crippen molar-refractivity contribution in [3.63, 3.8) is 0 Å². The van der Waals surface area contributed by atoms with Crippen LogP contribution in [0.25, 0.3) is 0 Å². The summed E-state index contributed by atoms with van der Waals surface area (Å²) < 4.78 is 10.1.